The van der Waals surface area contributed by atoms with Crippen molar-refractivity contribution in [2.24, 2.45) is 11.8 Å². The average molecular weight is 1200 g/mol. The van der Waals surface area contributed by atoms with Crippen LogP contribution < -0.4 is 14.8 Å². The monoisotopic (exact) mass is 1200 g/mol. The Morgan fingerprint density at radius 2 is 1.00 bits per heavy atom. The van der Waals surface area contributed by atoms with E-state index in [4.69, 9.17) is 47.8 Å². The van der Waals surface area contributed by atoms with Crippen LogP contribution in [0.3, 0.4) is 0 Å². The molecule has 0 saturated carbocycles. The number of carboxylic acids is 1. The summed E-state index contributed by atoms with van der Waals surface area (Å²) in [4.78, 5) is 61.3. The summed E-state index contributed by atoms with van der Waals surface area (Å²) in [5, 5.41) is 32.1. The molecule has 2 unspecified atom stereocenters. The molecule has 0 fully saturated rings. The first-order chi connectivity index (χ1) is 40.4. The third-order valence-corrected chi connectivity index (χ3v) is 14.3. The van der Waals surface area contributed by atoms with Gasteiger partial charge in [0.05, 0.1) is 58.9 Å². The number of aliphatic carboxylic acids is 1. The van der Waals surface area contributed by atoms with Crippen LogP contribution in [0, 0.1) is 11.8 Å². The Balaban J connectivity index is 0.000000247. The number of amides is 1. The molecule has 4 atom stereocenters. The molecule has 4 aromatic carbocycles. The van der Waals surface area contributed by atoms with Crippen molar-refractivity contribution in [2.75, 3.05) is 47.8 Å². The van der Waals surface area contributed by atoms with E-state index >= 15 is 0 Å². The Hall–Kier alpha value is -7.44. The number of carbonyl (C=O) groups excluding carboxylic acids is 3. The molecule has 0 radical (unpaired) electrons. The van der Waals surface area contributed by atoms with Gasteiger partial charge in [-0.25, -0.2) is 9.97 Å². The summed E-state index contributed by atoms with van der Waals surface area (Å²) in [5.41, 5.74) is 10.1. The fraction of sp³-hybridized carbons (Fsp3) is 0.373. The number of likely N-dealkylation sites (N-methyl/N-ethyl adjacent to an activating group) is 2. The number of carboxylic acid groups (broad SMARTS) is 1. The number of nitrogens with one attached hydrogen (secondary N) is 1. The number of fused-ring (bicyclic) bond motifs is 2. The van der Waals surface area contributed by atoms with Gasteiger partial charge >= 0.3 is 5.97 Å². The van der Waals surface area contributed by atoms with Gasteiger partial charge in [-0.3, -0.25) is 24.1 Å². The molecule has 85 heavy (non-hydrogen) atoms. The number of ketones is 2. The fourth-order valence-corrected chi connectivity index (χ4v) is 10.00. The molecular weight excluding hydrogens is 1120 g/mol. The molecule has 8 rings (SSSR count). The van der Waals surface area contributed by atoms with Crippen molar-refractivity contribution in [3.8, 4) is 34.0 Å². The van der Waals surface area contributed by atoms with Crippen molar-refractivity contribution in [2.45, 2.75) is 105 Å². The lowest BCUT2D eigenvalue weighted by atomic mass is 9.90. The molecule has 8 aromatic rings. The highest BCUT2D eigenvalue weighted by molar-refractivity contribution is 6.32. The van der Waals surface area contributed by atoms with Crippen LogP contribution in [0.25, 0.3) is 33.8 Å². The zero-order valence-electron chi connectivity index (χ0n) is 50.6. The second-order valence-corrected chi connectivity index (χ2v) is 23.3. The van der Waals surface area contributed by atoms with Gasteiger partial charge in [-0.2, -0.15) is 0 Å². The predicted molar refractivity (Wildman–Crippen MR) is 337 cm³/mol. The lowest BCUT2D eigenvalue weighted by Crippen LogP contribution is -2.37. The van der Waals surface area contributed by atoms with E-state index in [0.717, 1.165) is 63.3 Å². The number of aromatic nitrogens is 4. The molecule has 0 aliphatic carbocycles. The molecule has 0 bridgehead atoms. The largest absolute Gasteiger partial charge is 0.489 e. The first-order valence-electron chi connectivity index (χ1n) is 28.6. The lowest BCUT2D eigenvalue weighted by molar-refractivity contribution is -0.137. The number of hydrogen-bond donors (Lipinski definition) is 4. The Morgan fingerprint density at radius 3 is 1.35 bits per heavy atom. The van der Waals surface area contributed by atoms with Gasteiger partial charge in [-0.1, -0.05) is 97.2 Å². The number of benzene rings is 4. The second kappa shape index (κ2) is 31.6. The van der Waals surface area contributed by atoms with Gasteiger partial charge in [-0.05, 0) is 154 Å². The number of aliphatic hydroxyl groups excluding tert-OH is 2. The third-order valence-electron chi connectivity index (χ3n) is 13.7. The summed E-state index contributed by atoms with van der Waals surface area (Å²) in [6.07, 6.45) is 9.62. The van der Waals surface area contributed by atoms with Crippen LogP contribution in [0.1, 0.15) is 123 Å². The van der Waals surface area contributed by atoms with Gasteiger partial charge in [-0.15, -0.1) is 0 Å². The molecule has 18 heteroatoms. The van der Waals surface area contributed by atoms with Crippen molar-refractivity contribution < 1.29 is 44.0 Å². The molecule has 0 spiro atoms. The maximum absolute atomic E-state index is 13.3. The van der Waals surface area contributed by atoms with Gasteiger partial charge in [0.2, 0.25) is 5.91 Å². The number of ether oxygens (including phenoxy) is 2. The Morgan fingerprint density at radius 1 is 0.588 bits per heavy atom. The number of aliphatic hydroxyl groups is 2. The molecule has 452 valence electrons. The van der Waals surface area contributed by atoms with Crippen LogP contribution in [-0.4, -0.2) is 127 Å². The van der Waals surface area contributed by atoms with Crippen molar-refractivity contribution >= 4 is 57.9 Å². The normalized spacial score (nSPS) is 12.8. The smallest absolute Gasteiger partial charge is 0.317 e. The van der Waals surface area contributed by atoms with Crippen molar-refractivity contribution in [3.05, 3.63) is 177 Å². The highest BCUT2D eigenvalue weighted by atomic mass is 35.5. The molecule has 0 aliphatic rings. The van der Waals surface area contributed by atoms with Crippen molar-refractivity contribution in [1.29, 1.82) is 0 Å². The summed E-state index contributed by atoms with van der Waals surface area (Å²) in [6.45, 7) is 14.1. The van der Waals surface area contributed by atoms with Gasteiger partial charge in [0.25, 0.3) is 0 Å². The van der Waals surface area contributed by atoms with E-state index in [9.17, 15) is 29.4 Å². The number of hydrogen-bond acceptors (Lipinski definition) is 12. The summed E-state index contributed by atoms with van der Waals surface area (Å²) in [5.74, 6) is 0.428. The third kappa shape index (κ3) is 20.1. The van der Waals surface area contributed by atoms with Crippen LogP contribution >= 0.6 is 23.2 Å². The maximum atomic E-state index is 13.3. The zero-order chi connectivity index (χ0) is 62.1. The van der Waals surface area contributed by atoms with Crippen LogP contribution in [0.2, 0.25) is 10.0 Å². The Kier molecular flexibility index (Phi) is 24.8. The van der Waals surface area contributed by atoms with E-state index in [1.165, 1.54) is 5.56 Å². The number of carbonyl (C=O) groups is 4. The highest BCUT2D eigenvalue weighted by Gasteiger charge is 2.21. The summed E-state index contributed by atoms with van der Waals surface area (Å²) in [7, 11) is 7.11. The average Bonchev–Trinajstić information content (AvgIpc) is 2.87. The van der Waals surface area contributed by atoms with Crippen LogP contribution in [0.4, 0.5) is 0 Å². The van der Waals surface area contributed by atoms with Gasteiger partial charge < -0.3 is 43.8 Å². The van der Waals surface area contributed by atoms with Crippen LogP contribution in [-0.2, 0) is 22.4 Å². The number of Topliss-reactive ketones (excluding diaryl/α,β-unsaturated/α-hetero) is 2. The van der Waals surface area contributed by atoms with Crippen LogP contribution in [0.15, 0.2) is 134 Å². The predicted octanol–water partition coefficient (Wildman–Crippen LogP) is 12.6. The van der Waals surface area contributed by atoms with E-state index in [2.05, 4.69) is 36.5 Å². The molecule has 0 aliphatic heterocycles. The molecular formula is C67H81Cl2N7O9. The molecule has 1 amide bonds. The topological polar surface area (TPSA) is 201 Å². The summed E-state index contributed by atoms with van der Waals surface area (Å²) >= 11 is 12.7. The lowest BCUT2D eigenvalue weighted by Gasteiger charge is -2.19. The first-order valence-corrected chi connectivity index (χ1v) is 29.4. The van der Waals surface area contributed by atoms with Crippen molar-refractivity contribution in [3.63, 3.8) is 0 Å². The highest BCUT2D eigenvalue weighted by Crippen LogP contribution is 2.32. The van der Waals surface area contributed by atoms with Crippen LogP contribution in [0.5, 0.6) is 11.5 Å². The minimum absolute atomic E-state index is 0.0225. The summed E-state index contributed by atoms with van der Waals surface area (Å²) in [6, 6.07) is 34.4. The number of halogens is 2. The number of pyridine rings is 2. The maximum Gasteiger partial charge on any atom is 0.317 e. The first kappa shape index (κ1) is 66.7. The minimum atomic E-state index is -0.787. The molecule has 4 heterocycles. The van der Waals surface area contributed by atoms with E-state index in [0.29, 0.717) is 52.1 Å². The van der Waals surface area contributed by atoms with Gasteiger partial charge in [0.1, 0.15) is 22.8 Å². The standard InChI is InChI=1S/C33H39ClN4O4.C30H33ClN2O3.C4H9NO2/c1-21(2)42-31-13-12-26(17-28(31)34)30(40)16-24(18-35-32(41)20-37(4)5)15-23-8-10-25(11-9-23)29-19-38-14-6-7-27(22(3)39)33(38)36-29;1-5-21(16-28(35)24-12-13-29(26(31)17-24)36-19(2)3)15-22-8-10-23(11-9-22)27-18-33-14-6-7-25(20(4)34)30(33)32-27;1-5(2)3-4(6)7/h6-14,17,19,21-22,24,39H,15-16,18,20H2,1-5H3,(H,35,41);6-14,17-21,34H,5,15-16H2,1-4H3;3H2,1-2H3,(H,6,7)/t22?,24-;20?,21-;/m11./s1. The van der Waals surface area contributed by atoms with Crippen molar-refractivity contribution in [1.82, 2.24) is 33.9 Å². The summed E-state index contributed by atoms with van der Waals surface area (Å²) < 4.78 is 15.2. The van der Waals surface area contributed by atoms with E-state index < -0.39 is 18.2 Å². The van der Waals surface area contributed by atoms with Gasteiger partial charge in [0.15, 0.2) is 11.6 Å². The number of nitrogens with zero attached hydrogens (tertiary/aromatic N) is 6. The molecule has 4 aromatic heterocycles. The second-order valence-electron chi connectivity index (χ2n) is 22.5. The molecule has 16 nitrogen and oxygen atoms in total. The molecule has 0 saturated heterocycles. The Labute approximate surface area is 509 Å². The zero-order valence-corrected chi connectivity index (χ0v) is 52.1. The quantitative estimate of drug-likeness (QED) is 0.0394. The minimum Gasteiger partial charge on any atom is -0.489 e. The van der Waals surface area contributed by atoms with E-state index in [1.807, 2.05) is 124 Å². The molecule has 4 N–H and O–H groups in total. The Bertz CT molecular complexity index is 3500. The van der Waals surface area contributed by atoms with E-state index in [1.54, 1.807) is 74.1 Å². The van der Waals surface area contributed by atoms with Gasteiger partial charge in [0, 0.05) is 77.6 Å². The number of rotatable bonds is 25. The van der Waals surface area contributed by atoms with E-state index in [-0.39, 0.29) is 61.0 Å². The fourth-order valence-electron chi connectivity index (χ4n) is 9.55. The number of imidazole rings is 2. The SMILES string of the molecule is CC(C)Oc1ccc(C(=O)C[C@H](CNC(=O)CN(C)C)Cc2ccc(-c3cn4cccc(C(C)O)c4n3)cc2)cc1Cl.CC[C@@H](CC(=O)c1ccc(OC(C)C)c(Cl)c1)Cc1ccc(-c2cn3cccc(C(C)O)c3n2)cc1.CN(C)CC(=O)O.